The van der Waals surface area contributed by atoms with Gasteiger partial charge in [-0.05, 0) is 49.4 Å². The number of carboxylic acid groups (broad SMARTS) is 1. The maximum atomic E-state index is 11.4. The van der Waals surface area contributed by atoms with Crippen LogP contribution in [0.25, 0.3) is 38.9 Å². The molecule has 0 aliphatic heterocycles. The summed E-state index contributed by atoms with van der Waals surface area (Å²) >= 11 is 0. The summed E-state index contributed by atoms with van der Waals surface area (Å²) in [5.74, 6) is 0.704. The van der Waals surface area contributed by atoms with Crippen molar-refractivity contribution in [3.63, 3.8) is 0 Å². The first-order valence-electron chi connectivity index (χ1n) is 12.2. The van der Waals surface area contributed by atoms with Crippen LogP contribution in [0.15, 0.2) is 72.9 Å². The van der Waals surface area contributed by atoms with Crippen molar-refractivity contribution in [2.45, 2.75) is 31.7 Å². The fraction of sp³-hybridized carbons (Fsp3) is 0.214. The van der Waals surface area contributed by atoms with Crippen LogP contribution < -0.4 is 10.6 Å². The summed E-state index contributed by atoms with van der Waals surface area (Å²) in [6, 6.07) is 22.4. The molecular weight excluding hydrogens is 452 g/mol. The monoisotopic (exact) mass is 478 g/mol. The number of amides is 1. The third kappa shape index (κ3) is 3.62. The van der Waals surface area contributed by atoms with Crippen molar-refractivity contribution in [1.82, 2.24) is 24.9 Å². The summed E-state index contributed by atoms with van der Waals surface area (Å²) in [6.07, 6.45) is 3.59. The van der Waals surface area contributed by atoms with Gasteiger partial charge in [0.1, 0.15) is 0 Å². The van der Waals surface area contributed by atoms with E-state index >= 15 is 0 Å². The first kappa shape index (κ1) is 22.0. The zero-order valence-corrected chi connectivity index (χ0v) is 19.9. The highest BCUT2D eigenvalue weighted by atomic mass is 16.4. The molecule has 8 heteroatoms. The fourth-order valence-electron chi connectivity index (χ4n) is 5.10. The minimum absolute atomic E-state index is 0.493. The molecule has 5 aromatic rings. The van der Waals surface area contributed by atoms with E-state index in [4.69, 9.17) is 4.98 Å². The molecule has 0 saturated heterocycles. The smallest absolute Gasteiger partial charge is 0.405 e. The SMILES string of the molecule is CCNc1nnc2c3cc(-c4ccccc4)c(-c4ccc(C5(NC(=O)O)CCC5)cc4)nc3ccn12. The van der Waals surface area contributed by atoms with E-state index in [1.54, 1.807) is 0 Å². The molecule has 3 N–H and O–H groups in total. The zero-order chi connectivity index (χ0) is 24.7. The molecule has 6 rings (SSSR count). The van der Waals surface area contributed by atoms with E-state index in [1.807, 2.05) is 66.1 Å². The highest BCUT2D eigenvalue weighted by Gasteiger charge is 2.40. The normalized spacial score (nSPS) is 14.5. The molecule has 0 unspecified atom stereocenters. The number of nitrogens with one attached hydrogen (secondary N) is 2. The Bertz CT molecular complexity index is 1570. The van der Waals surface area contributed by atoms with E-state index in [2.05, 4.69) is 39.0 Å². The van der Waals surface area contributed by atoms with Crippen LogP contribution in [0.2, 0.25) is 0 Å². The number of fused-ring (bicyclic) bond motifs is 3. The maximum absolute atomic E-state index is 11.4. The van der Waals surface area contributed by atoms with E-state index < -0.39 is 11.6 Å². The van der Waals surface area contributed by atoms with E-state index in [1.165, 1.54) is 0 Å². The molecule has 3 aromatic heterocycles. The van der Waals surface area contributed by atoms with E-state index in [-0.39, 0.29) is 0 Å². The Hall–Kier alpha value is -4.46. The zero-order valence-electron chi connectivity index (χ0n) is 19.9. The number of pyridine rings is 2. The number of nitrogens with zero attached hydrogens (tertiary/aromatic N) is 4. The average molecular weight is 479 g/mol. The average Bonchev–Trinajstić information content (AvgIpc) is 3.29. The molecule has 0 bridgehead atoms. The highest BCUT2D eigenvalue weighted by molar-refractivity contribution is 5.98. The first-order valence-corrected chi connectivity index (χ1v) is 12.2. The van der Waals surface area contributed by atoms with Crippen LogP contribution in [-0.4, -0.2) is 37.3 Å². The van der Waals surface area contributed by atoms with Gasteiger partial charge in [-0.15, -0.1) is 10.2 Å². The molecule has 8 nitrogen and oxygen atoms in total. The second kappa shape index (κ2) is 8.64. The van der Waals surface area contributed by atoms with Crippen molar-refractivity contribution >= 4 is 28.6 Å². The molecule has 180 valence electrons. The van der Waals surface area contributed by atoms with Crippen LogP contribution in [0.4, 0.5) is 10.7 Å². The number of rotatable bonds is 6. The molecule has 0 spiro atoms. The summed E-state index contributed by atoms with van der Waals surface area (Å²) < 4.78 is 1.95. The number of hydrogen-bond donors (Lipinski definition) is 3. The van der Waals surface area contributed by atoms with Crippen molar-refractivity contribution in [1.29, 1.82) is 0 Å². The summed E-state index contributed by atoms with van der Waals surface area (Å²) in [7, 11) is 0. The van der Waals surface area contributed by atoms with Crippen molar-refractivity contribution < 1.29 is 9.90 Å². The fourth-order valence-corrected chi connectivity index (χ4v) is 5.10. The Balaban J connectivity index is 1.50. The second-order valence-corrected chi connectivity index (χ2v) is 9.19. The molecule has 36 heavy (non-hydrogen) atoms. The lowest BCUT2D eigenvalue weighted by molar-refractivity contribution is 0.144. The molecule has 3 heterocycles. The lowest BCUT2D eigenvalue weighted by Gasteiger charge is -2.42. The molecule has 1 amide bonds. The second-order valence-electron chi connectivity index (χ2n) is 9.19. The molecule has 1 aliphatic carbocycles. The Morgan fingerprint density at radius 2 is 1.81 bits per heavy atom. The predicted octanol–water partition coefficient (Wildman–Crippen LogP) is 5.69. The summed E-state index contributed by atoms with van der Waals surface area (Å²) in [4.78, 5) is 16.5. The third-order valence-corrected chi connectivity index (χ3v) is 7.05. The van der Waals surface area contributed by atoms with Gasteiger partial charge in [-0.25, -0.2) is 9.78 Å². The molecule has 2 aromatic carbocycles. The van der Waals surface area contributed by atoms with Crippen LogP contribution >= 0.6 is 0 Å². The molecule has 1 aliphatic rings. The third-order valence-electron chi connectivity index (χ3n) is 7.05. The summed E-state index contributed by atoms with van der Waals surface area (Å²) in [5, 5.41) is 25.0. The van der Waals surface area contributed by atoms with Crippen LogP contribution in [0.1, 0.15) is 31.7 Å². The Kier molecular flexibility index (Phi) is 5.29. The lowest BCUT2D eigenvalue weighted by Crippen LogP contribution is -2.50. The van der Waals surface area contributed by atoms with Crippen LogP contribution in [0.5, 0.6) is 0 Å². The van der Waals surface area contributed by atoms with E-state index in [9.17, 15) is 9.90 Å². The van der Waals surface area contributed by atoms with Gasteiger partial charge in [0.05, 0.1) is 16.7 Å². The van der Waals surface area contributed by atoms with Crippen molar-refractivity contribution in [3.8, 4) is 22.4 Å². The summed E-state index contributed by atoms with van der Waals surface area (Å²) in [5.41, 5.74) is 5.97. The topological polar surface area (TPSA) is 104 Å². The molecular formula is C28H26N6O2. The number of aromatic nitrogens is 4. The van der Waals surface area contributed by atoms with Gasteiger partial charge in [-0.2, -0.15) is 0 Å². The lowest BCUT2D eigenvalue weighted by atomic mass is 9.71. The van der Waals surface area contributed by atoms with Gasteiger partial charge in [-0.3, -0.25) is 4.40 Å². The van der Waals surface area contributed by atoms with E-state index in [0.29, 0.717) is 5.95 Å². The standard InChI is InChI=1S/C28H26N6O2/c1-2-29-26-33-32-25-22-17-21(18-7-4-3-5-8-18)24(30-23(22)13-16-34(25)26)19-9-11-20(12-10-19)28(14-6-15-28)31-27(35)36/h3-5,7-13,16-17,31H,2,6,14-15H2,1H3,(H,29,33)(H,35,36). The Morgan fingerprint density at radius 1 is 1.03 bits per heavy atom. The number of benzene rings is 2. The number of hydrogen-bond acceptors (Lipinski definition) is 5. The van der Waals surface area contributed by atoms with Gasteiger partial charge in [0, 0.05) is 29.3 Å². The van der Waals surface area contributed by atoms with Gasteiger partial charge < -0.3 is 15.7 Å². The van der Waals surface area contributed by atoms with Gasteiger partial charge in [-0.1, -0.05) is 54.6 Å². The van der Waals surface area contributed by atoms with Crippen molar-refractivity contribution in [2.24, 2.45) is 0 Å². The quantitative estimate of drug-likeness (QED) is 0.290. The highest BCUT2D eigenvalue weighted by Crippen LogP contribution is 2.42. The van der Waals surface area contributed by atoms with E-state index in [0.717, 1.165) is 70.3 Å². The van der Waals surface area contributed by atoms with Gasteiger partial charge in [0.15, 0.2) is 5.65 Å². The van der Waals surface area contributed by atoms with Gasteiger partial charge in [0.25, 0.3) is 0 Å². The van der Waals surface area contributed by atoms with Crippen LogP contribution in [-0.2, 0) is 5.54 Å². The van der Waals surface area contributed by atoms with Gasteiger partial charge in [0.2, 0.25) is 5.95 Å². The summed E-state index contributed by atoms with van der Waals surface area (Å²) in [6.45, 7) is 2.78. The van der Waals surface area contributed by atoms with Crippen molar-refractivity contribution in [2.75, 3.05) is 11.9 Å². The van der Waals surface area contributed by atoms with Crippen molar-refractivity contribution in [3.05, 3.63) is 78.5 Å². The van der Waals surface area contributed by atoms with Crippen LogP contribution in [0.3, 0.4) is 0 Å². The molecule has 1 fully saturated rings. The predicted molar refractivity (Wildman–Crippen MR) is 140 cm³/mol. The number of carbonyl (C=O) groups is 1. The largest absolute Gasteiger partial charge is 0.465 e. The molecule has 0 radical (unpaired) electrons. The van der Waals surface area contributed by atoms with Crippen LogP contribution in [0, 0.1) is 0 Å². The van der Waals surface area contributed by atoms with Gasteiger partial charge >= 0.3 is 6.09 Å². The Morgan fingerprint density at radius 3 is 2.47 bits per heavy atom. The number of anilines is 1. The first-order chi connectivity index (χ1) is 17.6. The molecule has 0 atom stereocenters. The molecule has 1 saturated carbocycles. The Labute approximate surface area is 208 Å². The maximum Gasteiger partial charge on any atom is 0.405 e. The minimum atomic E-state index is -0.988. The minimum Gasteiger partial charge on any atom is -0.465 e.